The van der Waals surface area contributed by atoms with Crippen LogP contribution < -0.4 is 9.64 Å². The van der Waals surface area contributed by atoms with E-state index in [0.29, 0.717) is 17.9 Å². The number of anilines is 1. The lowest BCUT2D eigenvalue weighted by Crippen LogP contribution is -2.29. The van der Waals surface area contributed by atoms with Crippen molar-refractivity contribution < 1.29 is 24.5 Å². The lowest BCUT2D eigenvalue weighted by molar-refractivity contribution is -0.132. The molecule has 1 unspecified atom stereocenters. The van der Waals surface area contributed by atoms with E-state index in [9.17, 15) is 19.8 Å². The van der Waals surface area contributed by atoms with Crippen LogP contribution in [0.3, 0.4) is 0 Å². The number of aliphatic hydroxyl groups is 1. The third-order valence-electron chi connectivity index (χ3n) is 5.36. The SMILES string of the molecule is CCOc1ccc(Cl)c(/C(O)=C2\C(=O)C(=O)N(c3cc(C)ccc3O)C2c2ccncc2)c1. The van der Waals surface area contributed by atoms with Crippen molar-refractivity contribution in [3.8, 4) is 11.5 Å². The molecule has 4 rings (SSSR count). The Kier molecular flexibility index (Phi) is 6.07. The van der Waals surface area contributed by atoms with E-state index in [4.69, 9.17) is 16.3 Å². The number of ether oxygens (including phenoxy) is 1. The van der Waals surface area contributed by atoms with Gasteiger partial charge in [0.05, 0.1) is 28.9 Å². The molecule has 0 bridgehead atoms. The van der Waals surface area contributed by atoms with Crippen LogP contribution >= 0.6 is 11.6 Å². The van der Waals surface area contributed by atoms with Crippen molar-refractivity contribution in [1.29, 1.82) is 0 Å². The number of rotatable bonds is 5. The Bertz CT molecular complexity index is 1270. The van der Waals surface area contributed by atoms with Gasteiger partial charge in [0.2, 0.25) is 0 Å². The normalized spacial score (nSPS) is 17.4. The maximum absolute atomic E-state index is 13.2. The van der Waals surface area contributed by atoms with E-state index in [1.54, 1.807) is 43.3 Å². The number of Topliss-reactive ketones (excluding diaryl/α,β-unsaturated/α-hetero) is 1. The third kappa shape index (κ3) is 4.03. The van der Waals surface area contributed by atoms with Gasteiger partial charge in [-0.3, -0.25) is 19.5 Å². The predicted molar refractivity (Wildman–Crippen MR) is 124 cm³/mol. The van der Waals surface area contributed by atoms with E-state index >= 15 is 0 Å². The number of nitrogens with zero attached hydrogens (tertiary/aromatic N) is 2. The summed E-state index contributed by atoms with van der Waals surface area (Å²) in [4.78, 5) is 31.6. The van der Waals surface area contributed by atoms with Gasteiger partial charge in [-0.05, 0) is 67.4 Å². The Morgan fingerprint density at radius 1 is 1.12 bits per heavy atom. The van der Waals surface area contributed by atoms with Gasteiger partial charge in [0, 0.05) is 18.0 Å². The first-order valence-electron chi connectivity index (χ1n) is 10.3. The Balaban J connectivity index is 1.98. The number of hydrogen-bond acceptors (Lipinski definition) is 6. The molecule has 1 saturated heterocycles. The van der Waals surface area contributed by atoms with Crippen molar-refractivity contribution in [2.45, 2.75) is 19.9 Å². The van der Waals surface area contributed by atoms with Crippen molar-refractivity contribution in [3.63, 3.8) is 0 Å². The fraction of sp³-hybridized carbons (Fsp3) is 0.160. The summed E-state index contributed by atoms with van der Waals surface area (Å²) in [6, 6.07) is 11.7. The molecule has 0 saturated carbocycles. The van der Waals surface area contributed by atoms with E-state index in [0.717, 1.165) is 5.56 Å². The Morgan fingerprint density at radius 3 is 2.55 bits per heavy atom. The van der Waals surface area contributed by atoms with E-state index in [-0.39, 0.29) is 27.6 Å². The van der Waals surface area contributed by atoms with Crippen LogP contribution in [0.25, 0.3) is 5.76 Å². The number of aromatic nitrogens is 1. The van der Waals surface area contributed by atoms with Gasteiger partial charge in [0.25, 0.3) is 11.7 Å². The highest BCUT2D eigenvalue weighted by Crippen LogP contribution is 2.45. The van der Waals surface area contributed by atoms with Crippen LogP contribution in [0.5, 0.6) is 11.5 Å². The van der Waals surface area contributed by atoms with Crippen molar-refractivity contribution in [3.05, 3.63) is 88.2 Å². The number of phenolic OH excluding ortho intramolecular Hbond substituents is 1. The molecule has 2 aromatic carbocycles. The molecule has 1 aromatic heterocycles. The number of phenols is 1. The molecule has 33 heavy (non-hydrogen) atoms. The first-order chi connectivity index (χ1) is 15.8. The van der Waals surface area contributed by atoms with Gasteiger partial charge in [-0.1, -0.05) is 17.7 Å². The standard InChI is InChI=1S/C25H21ClN2O5/c1-3-33-16-5-6-18(26)17(13-16)23(30)21-22(15-8-10-27-11-9-15)28(25(32)24(21)31)19-12-14(2)4-7-20(19)29/h4-13,22,29-30H,3H2,1-2H3/b23-21+. The van der Waals surface area contributed by atoms with Gasteiger partial charge < -0.3 is 14.9 Å². The van der Waals surface area contributed by atoms with Crippen LogP contribution in [0.4, 0.5) is 5.69 Å². The average Bonchev–Trinajstić information content (AvgIpc) is 3.07. The van der Waals surface area contributed by atoms with Crippen LogP contribution in [0.1, 0.15) is 29.7 Å². The molecule has 2 N–H and O–H groups in total. The topological polar surface area (TPSA) is 100.0 Å². The number of pyridine rings is 1. The Hall–Kier alpha value is -3.84. The first kappa shape index (κ1) is 22.4. The van der Waals surface area contributed by atoms with Gasteiger partial charge in [0.1, 0.15) is 17.3 Å². The molecule has 1 fully saturated rings. The maximum Gasteiger partial charge on any atom is 0.300 e. The Labute approximate surface area is 195 Å². The number of aryl methyl sites for hydroxylation is 1. The number of carbonyl (C=O) groups is 2. The number of aromatic hydroxyl groups is 1. The number of carbonyl (C=O) groups excluding carboxylic acids is 2. The zero-order valence-corrected chi connectivity index (χ0v) is 18.7. The molecule has 1 aliphatic heterocycles. The predicted octanol–water partition coefficient (Wildman–Crippen LogP) is 4.77. The lowest BCUT2D eigenvalue weighted by atomic mass is 9.95. The van der Waals surface area contributed by atoms with Crippen molar-refractivity contribution >= 4 is 34.7 Å². The second kappa shape index (κ2) is 8.96. The van der Waals surface area contributed by atoms with Crippen LogP contribution in [0.15, 0.2) is 66.5 Å². The van der Waals surface area contributed by atoms with Gasteiger partial charge in [-0.2, -0.15) is 0 Å². The summed E-state index contributed by atoms with van der Waals surface area (Å²) < 4.78 is 5.50. The van der Waals surface area contributed by atoms with E-state index in [2.05, 4.69) is 4.98 Å². The van der Waals surface area contributed by atoms with Crippen LogP contribution in [-0.2, 0) is 9.59 Å². The van der Waals surface area contributed by atoms with E-state index < -0.39 is 23.5 Å². The summed E-state index contributed by atoms with van der Waals surface area (Å²) in [6.45, 7) is 4.02. The van der Waals surface area contributed by atoms with Gasteiger partial charge in [0.15, 0.2) is 0 Å². The second-order valence-electron chi connectivity index (χ2n) is 7.52. The highest BCUT2D eigenvalue weighted by molar-refractivity contribution is 6.52. The number of ketones is 1. The molecular weight excluding hydrogens is 444 g/mol. The number of hydrogen-bond donors (Lipinski definition) is 2. The zero-order chi connectivity index (χ0) is 23.7. The van der Waals surface area contributed by atoms with Gasteiger partial charge >= 0.3 is 0 Å². The summed E-state index contributed by atoms with van der Waals surface area (Å²) in [6.07, 6.45) is 3.04. The van der Waals surface area contributed by atoms with Crippen LogP contribution in [0, 0.1) is 6.92 Å². The highest BCUT2D eigenvalue weighted by Gasteiger charge is 2.48. The minimum absolute atomic E-state index is 0.150. The van der Waals surface area contributed by atoms with E-state index in [1.165, 1.54) is 29.4 Å². The molecule has 7 nitrogen and oxygen atoms in total. The monoisotopic (exact) mass is 464 g/mol. The fourth-order valence-electron chi connectivity index (χ4n) is 3.86. The molecule has 1 aliphatic rings. The number of aliphatic hydroxyl groups excluding tert-OH is 1. The highest BCUT2D eigenvalue weighted by atomic mass is 35.5. The number of halogens is 1. The van der Waals surface area contributed by atoms with Crippen molar-refractivity contribution in [2.24, 2.45) is 0 Å². The summed E-state index contributed by atoms with van der Waals surface area (Å²) >= 11 is 6.34. The first-order valence-corrected chi connectivity index (χ1v) is 10.6. The Morgan fingerprint density at radius 2 is 1.85 bits per heavy atom. The van der Waals surface area contributed by atoms with E-state index in [1.807, 2.05) is 6.92 Å². The number of benzene rings is 2. The van der Waals surface area contributed by atoms with Gasteiger partial charge in [-0.25, -0.2) is 0 Å². The molecule has 1 atom stereocenters. The lowest BCUT2D eigenvalue weighted by Gasteiger charge is -2.26. The molecule has 8 heteroatoms. The fourth-order valence-corrected chi connectivity index (χ4v) is 4.06. The molecule has 1 amide bonds. The molecule has 0 radical (unpaired) electrons. The van der Waals surface area contributed by atoms with Crippen molar-refractivity contribution in [2.75, 3.05) is 11.5 Å². The number of amides is 1. The largest absolute Gasteiger partial charge is 0.507 e. The smallest absolute Gasteiger partial charge is 0.300 e. The quantitative estimate of drug-likeness (QED) is 0.320. The molecule has 168 valence electrons. The zero-order valence-electron chi connectivity index (χ0n) is 17.9. The molecule has 3 aromatic rings. The third-order valence-corrected chi connectivity index (χ3v) is 5.69. The van der Waals surface area contributed by atoms with Crippen LogP contribution in [0.2, 0.25) is 5.02 Å². The summed E-state index contributed by atoms with van der Waals surface area (Å²) in [5.74, 6) is -1.92. The average molecular weight is 465 g/mol. The van der Waals surface area contributed by atoms with Crippen LogP contribution in [-0.4, -0.2) is 33.5 Å². The molecular formula is C25H21ClN2O5. The summed E-state index contributed by atoms with van der Waals surface area (Å²) in [7, 11) is 0. The molecule has 0 spiro atoms. The molecule has 2 heterocycles. The molecule has 0 aliphatic carbocycles. The summed E-state index contributed by atoms with van der Waals surface area (Å²) in [5, 5.41) is 22.0. The minimum atomic E-state index is -1.01. The van der Waals surface area contributed by atoms with Crippen molar-refractivity contribution in [1.82, 2.24) is 4.98 Å². The maximum atomic E-state index is 13.2. The minimum Gasteiger partial charge on any atom is -0.507 e. The second-order valence-corrected chi connectivity index (χ2v) is 7.92. The van der Waals surface area contributed by atoms with Gasteiger partial charge in [-0.15, -0.1) is 0 Å². The summed E-state index contributed by atoms with van der Waals surface area (Å²) in [5.41, 5.74) is 1.48.